The Bertz CT molecular complexity index is 317. The van der Waals surface area contributed by atoms with Crippen molar-refractivity contribution in [3.63, 3.8) is 0 Å². The highest BCUT2D eigenvalue weighted by Crippen LogP contribution is 2.08. The molecule has 0 bridgehead atoms. The Hall–Kier alpha value is -1.14. The molecule has 1 aliphatic heterocycles. The maximum Gasteiger partial charge on any atom is 0.248 e. The molecule has 0 aromatic carbocycles. The van der Waals surface area contributed by atoms with Gasteiger partial charge >= 0.3 is 0 Å². The first-order valence-corrected chi connectivity index (χ1v) is 6.52. The van der Waals surface area contributed by atoms with Crippen molar-refractivity contribution in [2.45, 2.75) is 26.4 Å². The zero-order valence-electron chi connectivity index (χ0n) is 12.3. The fourth-order valence-corrected chi connectivity index (χ4v) is 1.79. The van der Waals surface area contributed by atoms with Crippen molar-refractivity contribution in [2.75, 3.05) is 46.5 Å². The maximum absolute atomic E-state index is 11.9. The maximum atomic E-state index is 11.9. The number of piperazine rings is 1. The molecule has 1 aliphatic rings. The molecule has 1 heterocycles. The van der Waals surface area contributed by atoms with Crippen LogP contribution in [-0.4, -0.2) is 73.7 Å². The van der Waals surface area contributed by atoms with E-state index in [1.54, 1.807) is 9.80 Å². The molecule has 0 aliphatic carbocycles. The molecule has 0 aromatic rings. The van der Waals surface area contributed by atoms with Crippen LogP contribution in [0.3, 0.4) is 0 Å². The van der Waals surface area contributed by atoms with Crippen molar-refractivity contribution < 1.29 is 19.1 Å². The first-order valence-electron chi connectivity index (χ1n) is 6.52. The molecule has 0 aromatic heterocycles. The molecule has 0 N–H and O–H groups in total. The summed E-state index contributed by atoms with van der Waals surface area (Å²) >= 11 is 0. The van der Waals surface area contributed by atoms with E-state index in [1.165, 1.54) is 7.11 Å². The number of amides is 2. The van der Waals surface area contributed by atoms with E-state index in [4.69, 9.17) is 9.47 Å². The zero-order chi connectivity index (χ0) is 14.5. The largest absolute Gasteiger partial charge is 0.375 e. The average Bonchev–Trinajstić information content (AvgIpc) is 2.35. The van der Waals surface area contributed by atoms with Crippen LogP contribution in [0.2, 0.25) is 0 Å². The first-order chi connectivity index (χ1) is 8.83. The van der Waals surface area contributed by atoms with Crippen LogP contribution in [0, 0.1) is 0 Å². The smallest absolute Gasteiger partial charge is 0.248 e. The second-order valence-electron chi connectivity index (χ2n) is 5.60. The predicted octanol–water partition coefficient (Wildman–Crippen LogP) is 0.119. The van der Waals surface area contributed by atoms with Crippen LogP contribution in [0.4, 0.5) is 0 Å². The van der Waals surface area contributed by atoms with Crippen LogP contribution in [0.5, 0.6) is 0 Å². The third-order valence-corrected chi connectivity index (χ3v) is 2.88. The summed E-state index contributed by atoms with van der Waals surface area (Å²) in [7, 11) is 1.50. The lowest BCUT2D eigenvalue weighted by Gasteiger charge is -2.35. The van der Waals surface area contributed by atoms with Crippen molar-refractivity contribution >= 4 is 11.8 Å². The first kappa shape index (κ1) is 15.9. The van der Waals surface area contributed by atoms with E-state index in [0.29, 0.717) is 26.2 Å². The molecule has 1 rings (SSSR count). The van der Waals surface area contributed by atoms with Gasteiger partial charge in [-0.25, -0.2) is 0 Å². The molecule has 0 saturated carbocycles. The molecule has 0 spiro atoms. The van der Waals surface area contributed by atoms with E-state index in [1.807, 2.05) is 20.8 Å². The second kappa shape index (κ2) is 6.86. The topological polar surface area (TPSA) is 59.1 Å². The van der Waals surface area contributed by atoms with Gasteiger partial charge in [0.2, 0.25) is 11.8 Å². The summed E-state index contributed by atoms with van der Waals surface area (Å²) in [6.07, 6.45) is 0. The number of methoxy groups -OCH3 is 1. The summed E-state index contributed by atoms with van der Waals surface area (Å²) < 4.78 is 10.3. The van der Waals surface area contributed by atoms with Crippen molar-refractivity contribution in [3.8, 4) is 0 Å². The van der Waals surface area contributed by atoms with Crippen molar-refractivity contribution in [1.29, 1.82) is 0 Å². The summed E-state index contributed by atoms with van der Waals surface area (Å²) in [5.74, 6) is -0.0469. The molecule has 6 nitrogen and oxygen atoms in total. The van der Waals surface area contributed by atoms with E-state index in [9.17, 15) is 9.59 Å². The van der Waals surface area contributed by atoms with Gasteiger partial charge in [-0.1, -0.05) is 0 Å². The monoisotopic (exact) mass is 272 g/mol. The highest BCUT2D eigenvalue weighted by Gasteiger charge is 2.24. The standard InChI is InChI=1S/C13H24N2O4/c1-13(2,3)19-10-12(17)15-7-5-14(6-8-15)11(16)9-18-4/h5-10H2,1-4H3. The van der Waals surface area contributed by atoms with E-state index in [0.717, 1.165) is 0 Å². The highest BCUT2D eigenvalue weighted by molar-refractivity contribution is 5.79. The predicted molar refractivity (Wildman–Crippen MR) is 70.7 cm³/mol. The zero-order valence-corrected chi connectivity index (χ0v) is 12.3. The van der Waals surface area contributed by atoms with E-state index >= 15 is 0 Å². The van der Waals surface area contributed by atoms with Gasteiger partial charge in [-0.2, -0.15) is 0 Å². The summed E-state index contributed by atoms with van der Waals surface area (Å²) in [5.41, 5.74) is -0.314. The van der Waals surface area contributed by atoms with Gasteiger partial charge in [-0.3, -0.25) is 9.59 Å². The Balaban J connectivity index is 2.33. The van der Waals surface area contributed by atoms with E-state index < -0.39 is 0 Å². The SMILES string of the molecule is COCC(=O)N1CCN(C(=O)COC(C)(C)C)CC1. The van der Waals surface area contributed by atoms with Crippen molar-refractivity contribution in [1.82, 2.24) is 9.80 Å². The van der Waals surface area contributed by atoms with Crippen LogP contribution >= 0.6 is 0 Å². The molecule has 0 atom stereocenters. The summed E-state index contributed by atoms with van der Waals surface area (Å²) in [6, 6.07) is 0. The minimum Gasteiger partial charge on any atom is -0.375 e. The highest BCUT2D eigenvalue weighted by atomic mass is 16.5. The van der Waals surface area contributed by atoms with Gasteiger partial charge in [0, 0.05) is 33.3 Å². The minimum atomic E-state index is -0.314. The summed E-state index contributed by atoms with van der Waals surface area (Å²) in [4.78, 5) is 27.0. The van der Waals surface area contributed by atoms with Gasteiger partial charge in [0.25, 0.3) is 0 Å². The van der Waals surface area contributed by atoms with Gasteiger partial charge in [0.1, 0.15) is 13.2 Å². The minimum absolute atomic E-state index is 0.0197. The molecule has 1 saturated heterocycles. The molecule has 19 heavy (non-hydrogen) atoms. The third kappa shape index (κ3) is 5.57. The lowest BCUT2D eigenvalue weighted by molar-refractivity contribution is -0.147. The van der Waals surface area contributed by atoms with Crippen LogP contribution < -0.4 is 0 Å². The Morgan fingerprint density at radius 1 is 0.947 bits per heavy atom. The number of ether oxygens (including phenoxy) is 2. The molecule has 6 heteroatoms. The molecular formula is C13H24N2O4. The van der Waals surface area contributed by atoms with Crippen LogP contribution in [-0.2, 0) is 19.1 Å². The Labute approximate surface area is 114 Å². The molecular weight excluding hydrogens is 248 g/mol. The second-order valence-corrected chi connectivity index (χ2v) is 5.60. The number of hydrogen-bond acceptors (Lipinski definition) is 4. The lowest BCUT2D eigenvalue weighted by atomic mass is 10.2. The Morgan fingerprint density at radius 2 is 1.37 bits per heavy atom. The number of carbonyl (C=O) groups excluding carboxylic acids is 2. The fourth-order valence-electron chi connectivity index (χ4n) is 1.79. The number of carbonyl (C=O) groups is 2. The van der Waals surface area contributed by atoms with Crippen molar-refractivity contribution in [2.24, 2.45) is 0 Å². The summed E-state index contributed by atoms with van der Waals surface area (Å²) in [6.45, 7) is 8.18. The van der Waals surface area contributed by atoms with E-state index in [2.05, 4.69) is 0 Å². The molecule has 0 unspecified atom stereocenters. The number of hydrogen-bond donors (Lipinski definition) is 0. The molecule has 1 fully saturated rings. The van der Waals surface area contributed by atoms with Crippen LogP contribution in [0.25, 0.3) is 0 Å². The quantitative estimate of drug-likeness (QED) is 0.729. The lowest BCUT2D eigenvalue weighted by Crippen LogP contribution is -2.52. The number of nitrogens with zero attached hydrogens (tertiary/aromatic N) is 2. The van der Waals surface area contributed by atoms with Gasteiger partial charge in [0.05, 0.1) is 5.60 Å². The van der Waals surface area contributed by atoms with Gasteiger partial charge in [0.15, 0.2) is 0 Å². The molecule has 110 valence electrons. The Morgan fingerprint density at radius 3 is 1.74 bits per heavy atom. The van der Waals surface area contributed by atoms with Crippen LogP contribution in [0.1, 0.15) is 20.8 Å². The van der Waals surface area contributed by atoms with Gasteiger partial charge < -0.3 is 19.3 Å². The van der Waals surface area contributed by atoms with E-state index in [-0.39, 0.29) is 30.6 Å². The molecule has 2 amide bonds. The third-order valence-electron chi connectivity index (χ3n) is 2.88. The fraction of sp³-hybridized carbons (Fsp3) is 0.846. The molecule has 0 radical (unpaired) electrons. The number of rotatable bonds is 4. The normalized spacial score (nSPS) is 16.6. The van der Waals surface area contributed by atoms with Gasteiger partial charge in [-0.15, -0.1) is 0 Å². The van der Waals surface area contributed by atoms with Gasteiger partial charge in [-0.05, 0) is 20.8 Å². The van der Waals surface area contributed by atoms with Crippen LogP contribution in [0.15, 0.2) is 0 Å². The Kier molecular flexibility index (Phi) is 5.75. The van der Waals surface area contributed by atoms with Crippen molar-refractivity contribution in [3.05, 3.63) is 0 Å². The average molecular weight is 272 g/mol. The summed E-state index contributed by atoms with van der Waals surface area (Å²) in [5, 5.41) is 0.